The smallest absolute Gasteiger partial charge is 0.261 e. The van der Waals surface area contributed by atoms with E-state index >= 15 is 0 Å². The van der Waals surface area contributed by atoms with Crippen molar-refractivity contribution >= 4 is 34.4 Å². The van der Waals surface area contributed by atoms with Crippen LogP contribution in [0.2, 0.25) is 5.02 Å². The molecule has 4 N–H and O–H groups in total. The number of nitrogens with zero attached hydrogens (tertiary/aromatic N) is 3. The molecule has 4 aromatic rings. The monoisotopic (exact) mass is 641 g/mol. The number of H-pyrrole nitrogens is 2. The molecule has 2 amide bonds. The fourth-order valence-corrected chi connectivity index (χ4v) is 6.12. The number of carbonyl (C=O) groups is 2. The SMILES string of the molecule is O=C1c2cc3nc(-c4c(CC[C@@H](O)COc5c(F)ccc(Cl)c5F)cc[nH]c4=O)[nH]c3cc2C(=O)N1C1CCN(CCO)CC1. The standard InChI is InChI=1S/C31H30ClF2N5O6/c32-21-3-4-22(33)27(26(21)34)45-15-18(41)2-1-16-5-8-35-29(42)25(16)28-36-23-13-19-20(14-24(23)37-28)31(44)39(30(19)43)17-6-9-38(10-7-17)11-12-40/h3-5,8,13-14,17-18,40-41H,1-2,6-7,9-12,15H2,(H,35,42)(H,36,37)/t18-/m1/s1. The number of rotatable bonds is 10. The minimum Gasteiger partial charge on any atom is -0.485 e. The number of amides is 2. The van der Waals surface area contributed by atoms with E-state index in [1.54, 1.807) is 18.2 Å². The molecule has 236 valence electrons. The number of imide groups is 1. The van der Waals surface area contributed by atoms with Gasteiger partial charge in [0, 0.05) is 31.9 Å². The predicted molar refractivity (Wildman–Crippen MR) is 160 cm³/mol. The fraction of sp³-hybridized carbons (Fsp3) is 0.355. The number of piperidine rings is 1. The van der Waals surface area contributed by atoms with Crippen molar-refractivity contribution in [1.29, 1.82) is 0 Å². The van der Waals surface area contributed by atoms with Gasteiger partial charge in [0.1, 0.15) is 12.4 Å². The molecule has 0 saturated carbocycles. The summed E-state index contributed by atoms with van der Waals surface area (Å²) >= 11 is 5.69. The number of hydrogen-bond acceptors (Lipinski definition) is 8. The Morgan fingerprint density at radius 1 is 1.09 bits per heavy atom. The summed E-state index contributed by atoms with van der Waals surface area (Å²) in [5.74, 6) is -3.24. The molecule has 2 aliphatic heterocycles. The first-order valence-electron chi connectivity index (χ1n) is 14.6. The number of pyridine rings is 1. The Bertz CT molecular complexity index is 1780. The summed E-state index contributed by atoms with van der Waals surface area (Å²) in [6, 6.07) is 6.58. The first kappa shape index (κ1) is 30.8. The molecule has 2 aromatic heterocycles. The van der Waals surface area contributed by atoms with Gasteiger partial charge in [-0.25, -0.2) is 13.8 Å². The van der Waals surface area contributed by atoms with E-state index in [2.05, 4.69) is 19.9 Å². The minimum atomic E-state index is -1.13. The summed E-state index contributed by atoms with van der Waals surface area (Å²) in [5.41, 5.74) is 1.69. The predicted octanol–water partition coefficient (Wildman–Crippen LogP) is 3.28. The second kappa shape index (κ2) is 12.7. The number of halogens is 3. The molecule has 2 aromatic carbocycles. The van der Waals surface area contributed by atoms with E-state index in [-0.39, 0.29) is 64.8 Å². The van der Waals surface area contributed by atoms with Crippen LogP contribution >= 0.6 is 11.6 Å². The number of benzene rings is 2. The van der Waals surface area contributed by atoms with Gasteiger partial charge in [-0.15, -0.1) is 0 Å². The summed E-state index contributed by atoms with van der Waals surface area (Å²) in [6.45, 7) is 1.56. The fourth-order valence-electron chi connectivity index (χ4n) is 5.97. The summed E-state index contributed by atoms with van der Waals surface area (Å²) in [7, 11) is 0. The highest BCUT2D eigenvalue weighted by molar-refractivity contribution is 6.30. The third kappa shape index (κ3) is 5.96. The van der Waals surface area contributed by atoms with Gasteiger partial charge in [0.15, 0.2) is 17.4 Å². The number of fused-ring (bicyclic) bond motifs is 2. The number of aromatic nitrogens is 3. The highest BCUT2D eigenvalue weighted by Crippen LogP contribution is 2.33. The number of aromatic amines is 2. The largest absolute Gasteiger partial charge is 0.485 e. The number of carbonyl (C=O) groups excluding carboxylic acids is 2. The molecule has 1 atom stereocenters. The molecule has 0 aliphatic carbocycles. The maximum atomic E-state index is 14.1. The first-order chi connectivity index (χ1) is 21.7. The van der Waals surface area contributed by atoms with Gasteiger partial charge < -0.3 is 29.8 Å². The molecule has 0 radical (unpaired) electrons. The Kier molecular flexibility index (Phi) is 8.69. The summed E-state index contributed by atoms with van der Waals surface area (Å²) in [6.07, 6.45) is 1.86. The zero-order chi connectivity index (χ0) is 31.8. The molecular weight excluding hydrogens is 612 g/mol. The maximum Gasteiger partial charge on any atom is 0.261 e. The quantitative estimate of drug-likeness (QED) is 0.152. The molecule has 6 rings (SSSR count). The highest BCUT2D eigenvalue weighted by Gasteiger charge is 2.41. The summed E-state index contributed by atoms with van der Waals surface area (Å²) in [4.78, 5) is 53.4. The van der Waals surface area contributed by atoms with Crippen LogP contribution in [-0.2, 0) is 6.42 Å². The van der Waals surface area contributed by atoms with Crippen molar-refractivity contribution in [1.82, 2.24) is 24.8 Å². The second-order valence-corrected chi connectivity index (χ2v) is 11.6. The minimum absolute atomic E-state index is 0.0570. The Morgan fingerprint density at radius 3 is 2.56 bits per heavy atom. The van der Waals surface area contributed by atoms with Crippen LogP contribution in [0.1, 0.15) is 45.5 Å². The van der Waals surface area contributed by atoms with E-state index in [0.29, 0.717) is 49.1 Å². The number of aliphatic hydroxyl groups is 2. The van der Waals surface area contributed by atoms with Crippen molar-refractivity contribution in [3.8, 4) is 17.1 Å². The highest BCUT2D eigenvalue weighted by atomic mass is 35.5. The number of β-amino-alcohol motifs (C(OH)–C–C–N with tert-alkyl or cyclic N) is 1. The number of ether oxygens (including phenoxy) is 1. The zero-order valence-electron chi connectivity index (χ0n) is 24.0. The maximum absolute atomic E-state index is 14.1. The van der Waals surface area contributed by atoms with E-state index in [1.807, 2.05) is 0 Å². The lowest BCUT2D eigenvalue weighted by atomic mass is 10.0. The molecule has 2 aliphatic rings. The van der Waals surface area contributed by atoms with Crippen LogP contribution in [0.5, 0.6) is 5.75 Å². The normalized spacial score (nSPS) is 16.5. The molecular formula is C31H30ClF2N5O6. The third-order valence-corrected chi connectivity index (χ3v) is 8.60. The third-order valence-electron chi connectivity index (χ3n) is 8.31. The first-order valence-corrected chi connectivity index (χ1v) is 14.9. The molecule has 45 heavy (non-hydrogen) atoms. The molecule has 4 heterocycles. The van der Waals surface area contributed by atoms with E-state index in [0.717, 1.165) is 12.1 Å². The number of hydrogen-bond donors (Lipinski definition) is 4. The van der Waals surface area contributed by atoms with Gasteiger partial charge in [-0.2, -0.15) is 0 Å². The van der Waals surface area contributed by atoms with E-state index in [9.17, 15) is 33.4 Å². The summed E-state index contributed by atoms with van der Waals surface area (Å²) in [5, 5.41) is 19.4. The van der Waals surface area contributed by atoms with Gasteiger partial charge in [-0.1, -0.05) is 11.6 Å². The molecule has 0 unspecified atom stereocenters. The van der Waals surface area contributed by atoms with E-state index < -0.39 is 35.7 Å². The molecule has 1 fully saturated rings. The molecule has 14 heteroatoms. The van der Waals surface area contributed by atoms with Crippen LogP contribution in [0.3, 0.4) is 0 Å². The van der Waals surface area contributed by atoms with Crippen molar-refractivity contribution in [2.24, 2.45) is 0 Å². The average Bonchev–Trinajstić information content (AvgIpc) is 3.54. The lowest BCUT2D eigenvalue weighted by Gasteiger charge is -2.35. The van der Waals surface area contributed by atoms with Gasteiger partial charge in [0.05, 0.1) is 45.5 Å². The number of likely N-dealkylation sites (tertiary alicyclic amines) is 1. The number of nitrogens with one attached hydrogen (secondary N) is 2. The zero-order valence-corrected chi connectivity index (χ0v) is 24.7. The molecule has 0 spiro atoms. The van der Waals surface area contributed by atoms with Crippen molar-refractivity contribution in [2.45, 2.75) is 37.8 Å². The second-order valence-electron chi connectivity index (χ2n) is 11.2. The van der Waals surface area contributed by atoms with Crippen molar-refractivity contribution < 1.29 is 33.3 Å². The lowest BCUT2D eigenvalue weighted by molar-refractivity contribution is 0.0490. The average molecular weight is 642 g/mol. The van der Waals surface area contributed by atoms with E-state index in [4.69, 9.17) is 16.3 Å². The van der Waals surface area contributed by atoms with Gasteiger partial charge in [-0.05, 0) is 61.6 Å². The van der Waals surface area contributed by atoms with Crippen LogP contribution < -0.4 is 10.3 Å². The van der Waals surface area contributed by atoms with Crippen LogP contribution in [0, 0.1) is 11.6 Å². The lowest BCUT2D eigenvalue weighted by Crippen LogP contribution is -2.47. The van der Waals surface area contributed by atoms with Crippen LogP contribution in [0.4, 0.5) is 8.78 Å². The van der Waals surface area contributed by atoms with Crippen LogP contribution in [-0.4, -0.2) is 91.8 Å². The molecule has 1 saturated heterocycles. The Balaban J connectivity index is 1.18. The van der Waals surface area contributed by atoms with Crippen LogP contribution in [0.25, 0.3) is 22.4 Å². The number of imidazole rings is 1. The van der Waals surface area contributed by atoms with Gasteiger partial charge in [0.25, 0.3) is 17.4 Å². The van der Waals surface area contributed by atoms with Gasteiger partial charge >= 0.3 is 0 Å². The van der Waals surface area contributed by atoms with Crippen molar-refractivity contribution in [3.63, 3.8) is 0 Å². The summed E-state index contributed by atoms with van der Waals surface area (Å²) < 4.78 is 33.2. The molecule has 11 nitrogen and oxygen atoms in total. The Labute approximate surface area is 260 Å². The topological polar surface area (TPSA) is 152 Å². The Hall–Kier alpha value is -4.17. The van der Waals surface area contributed by atoms with Crippen molar-refractivity contribution in [3.05, 3.63) is 80.2 Å². The Morgan fingerprint density at radius 2 is 1.82 bits per heavy atom. The van der Waals surface area contributed by atoms with E-state index in [1.165, 1.54) is 11.1 Å². The van der Waals surface area contributed by atoms with Crippen LogP contribution in [0.15, 0.2) is 41.3 Å². The van der Waals surface area contributed by atoms with Crippen molar-refractivity contribution in [2.75, 3.05) is 32.8 Å². The van der Waals surface area contributed by atoms with Gasteiger partial charge in [-0.3, -0.25) is 19.3 Å². The molecule has 0 bridgehead atoms. The van der Waals surface area contributed by atoms with Gasteiger partial charge in [0.2, 0.25) is 0 Å². The number of aliphatic hydroxyl groups excluding tert-OH is 2. The number of aryl methyl sites for hydroxylation is 1.